The number of aryl methyl sites for hydroxylation is 1. The second-order valence-electron chi connectivity index (χ2n) is 5.15. The zero-order valence-corrected chi connectivity index (χ0v) is 14.0. The van der Waals surface area contributed by atoms with Gasteiger partial charge in [0.1, 0.15) is 0 Å². The van der Waals surface area contributed by atoms with Gasteiger partial charge in [0.25, 0.3) is 0 Å². The summed E-state index contributed by atoms with van der Waals surface area (Å²) in [4.78, 5) is 0. The van der Waals surface area contributed by atoms with Crippen LogP contribution < -0.4 is 5.32 Å². The molecule has 1 nitrogen and oxygen atoms in total. The van der Waals surface area contributed by atoms with E-state index in [1.54, 1.807) is 0 Å². The molecule has 1 N–H and O–H groups in total. The standard InChI is InChI=1S/C18H21Cl2N/c1-3-10-21-18(14-7-5-6-13(4-2)11-14)16-12-15(19)8-9-17(16)20/h5-9,11-12,18,21H,3-4,10H2,1-2H3. The van der Waals surface area contributed by atoms with E-state index in [0.717, 1.165) is 30.0 Å². The quantitative estimate of drug-likeness (QED) is 0.725. The highest BCUT2D eigenvalue weighted by atomic mass is 35.5. The molecule has 0 aromatic heterocycles. The fourth-order valence-corrected chi connectivity index (χ4v) is 2.83. The van der Waals surface area contributed by atoms with Crippen LogP contribution in [0.4, 0.5) is 0 Å². The lowest BCUT2D eigenvalue weighted by Crippen LogP contribution is -2.23. The Morgan fingerprint density at radius 1 is 1.05 bits per heavy atom. The Morgan fingerprint density at radius 2 is 1.86 bits per heavy atom. The predicted octanol–water partition coefficient (Wildman–Crippen LogP) is 5.64. The highest BCUT2D eigenvalue weighted by Crippen LogP contribution is 2.31. The van der Waals surface area contributed by atoms with Gasteiger partial charge in [0.05, 0.1) is 6.04 Å². The zero-order valence-electron chi connectivity index (χ0n) is 12.5. The Labute approximate surface area is 137 Å². The van der Waals surface area contributed by atoms with Crippen LogP contribution in [0.15, 0.2) is 42.5 Å². The van der Waals surface area contributed by atoms with E-state index in [9.17, 15) is 0 Å². The van der Waals surface area contributed by atoms with Crippen LogP contribution in [0, 0.1) is 0 Å². The third-order valence-electron chi connectivity index (χ3n) is 3.56. The summed E-state index contributed by atoms with van der Waals surface area (Å²) in [5, 5.41) is 5.04. The third kappa shape index (κ3) is 4.23. The molecule has 2 aromatic carbocycles. The van der Waals surface area contributed by atoms with Gasteiger partial charge in [0, 0.05) is 10.0 Å². The Morgan fingerprint density at radius 3 is 2.57 bits per heavy atom. The fourth-order valence-electron chi connectivity index (χ4n) is 2.42. The highest BCUT2D eigenvalue weighted by molar-refractivity contribution is 6.33. The van der Waals surface area contributed by atoms with E-state index in [1.807, 2.05) is 18.2 Å². The van der Waals surface area contributed by atoms with Crippen molar-refractivity contribution in [3.05, 3.63) is 69.2 Å². The van der Waals surface area contributed by atoms with Crippen molar-refractivity contribution in [2.24, 2.45) is 0 Å². The first kappa shape index (κ1) is 16.4. The number of benzene rings is 2. The lowest BCUT2D eigenvalue weighted by molar-refractivity contribution is 0.598. The molecule has 21 heavy (non-hydrogen) atoms. The van der Waals surface area contributed by atoms with Crippen molar-refractivity contribution in [3.63, 3.8) is 0 Å². The maximum Gasteiger partial charge on any atom is 0.0592 e. The summed E-state index contributed by atoms with van der Waals surface area (Å²) in [5.74, 6) is 0. The van der Waals surface area contributed by atoms with Crippen LogP contribution in [0.3, 0.4) is 0 Å². The molecular formula is C18H21Cl2N. The minimum absolute atomic E-state index is 0.0719. The highest BCUT2D eigenvalue weighted by Gasteiger charge is 2.17. The van der Waals surface area contributed by atoms with Gasteiger partial charge >= 0.3 is 0 Å². The van der Waals surface area contributed by atoms with Gasteiger partial charge in [-0.1, -0.05) is 61.3 Å². The van der Waals surface area contributed by atoms with Crippen molar-refractivity contribution in [1.29, 1.82) is 0 Å². The molecular weight excluding hydrogens is 301 g/mol. The molecule has 112 valence electrons. The molecule has 1 unspecified atom stereocenters. The second kappa shape index (κ2) is 7.84. The first-order chi connectivity index (χ1) is 10.2. The molecule has 2 aromatic rings. The summed E-state index contributed by atoms with van der Waals surface area (Å²) in [6.45, 7) is 5.26. The smallest absolute Gasteiger partial charge is 0.0592 e. The maximum absolute atomic E-state index is 6.39. The van der Waals surface area contributed by atoms with Crippen LogP contribution in [-0.2, 0) is 6.42 Å². The average molecular weight is 322 g/mol. The lowest BCUT2D eigenvalue weighted by Gasteiger charge is -2.21. The minimum atomic E-state index is 0.0719. The molecule has 0 aliphatic rings. The largest absolute Gasteiger partial charge is 0.306 e. The fraction of sp³-hybridized carbons (Fsp3) is 0.333. The summed E-state index contributed by atoms with van der Waals surface area (Å²) in [6, 6.07) is 14.4. The lowest BCUT2D eigenvalue weighted by atomic mass is 9.96. The van der Waals surface area contributed by atoms with E-state index in [4.69, 9.17) is 23.2 Å². The third-order valence-corrected chi connectivity index (χ3v) is 4.14. The van der Waals surface area contributed by atoms with Gasteiger partial charge < -0.3 is 5.32 Å². The van der Waals surface area contributed by atoms with Crippen LogP contribution in [0.25, 0.3) is 0 Å². The van der Waals surface area contributed by atoms with Crippen LogP contribution >= 0.6 is 23.2 Å². The monoisotopic (exact) mass is 321 g/mol. The molecule has 2 rings (SSSR count). The first-order valence-corrected chi connectivity index (χ1v) is 8.18. The molecule has 0 fully saturated rings. The van der Waals surface area contributed by atoms with E-state index < -0.39 is 0 Å². The molecule has 0 heterocycles. The molecule has 1 atom stereocenters. The zero-order chi connectivity index (χ0) is 15.2. The van der Waals surface area contributed by atoms with E-state index in [1.165, 1.54) is 11.1 Å². The van der Waals surface area contributed by atoms with Crippen molar-refractivity contribution >= 4 is 23.2 Å². The van der Waals surface area contributed by atoms with E-state index in [0.29, 0.717) is 5.02 Å². The van der Waals surface area contributed by atoms with E-state index in [2.05, 4.69) is 43.4 Å². The van der Waals surface area contributed by atoms with Crippen molar-refractivity contribution < 1.29 is 0 Å². The van der Waals surface area contributed by atoms with Crippen LogP contribution in [0.1, 0.15) is 43.0 Å². The van der Waals surface area contributed by atoms with Crippen LogP contribution in [-0.4, -0.2) is 6.54 Å². The molecule has 0 radical (unpaired) electrons. The molecule has 0 aliphatic carbocycles. The van der Waals surface area contributed by atoms with Gasteiger partial charge in [0.2, 0.25) is 0 Å². The van der Waals surface area contributed by atoms with Gasteiger partial charge in [-0.25, -0.2) is 0 Å². The summed E-state index contributed by atoms with van der Waals surface area (Å²) in [5.41, 5.74) is 3.59. The van der Waals surface area contributed by atoms with Crippen molar-refractivity contribution in [2.45, 2.75) is 32.7 Å². The minimum Gasteiger partial charge on any atom is -0.306 e. The molecule has 0 saturated carbocycles. The number of nitrogens with one attached hydrogen (secondary N) is 1. The second-order valence-corrected chi connectivity index (χ2v) is 6.00. The van der Waals surface area contributed by atoms with Crippen molar-refractivity contribution in [3.8, 4) is 0 Å². The molecule has 0 spiro atoms. The maximum atomic E-state index is 6.39. The summed E-state index contributed by atoms with van der Waals surface area (Å²) < 4.78 is 0. The number of rotatable bonds is 6. The molecule has 0 saturated heterocycles. The average Bonchev–Trinajstić information content (AvgIpc) is 2.51. The van der Waals surface area contributed by atoms with Gasteiger partial charge in [0.15, 0.2) is 0 Å². The normalized spacial score (nSPS) is 12.4. The molecule has 3 heteroatoms. The number of hydrogen-bond donors (Lipinski definition) is 1. The summed E-state index contributed by atoms with van der Waals surface area (Å²) in [7, 11) is 0. The Bertz CT molecular complexity index is 596. The molecule has 0 aliphatic heterocycles. The summed E-state index contributed by atoms with van der Waals surface area (Å²) >= 11 is 12.5. The Hall–Kier alpha value is -1.02. The predicted molar refractivity (Wildman–Crippen MR) is 92.4 cm³/mol. The van der Waals surface area contributed by atoms with Gasteiger partial charge in [-0.05, 0) is 54.3 Å². The molecule has 0 amide bonds. The van der Waals surface area contributed by atoms with Gasteiger partial charge in [-0.3, -0.25) is 0 Å². The van der Waals surface area contributed by atoms with E-state index in [-0.39, 0.29) is 6.04 Å². The Balaban J connectivity index is 2.44. The molecule has 0 bridgehead atoms. The topological polar surface area (TPSA) is 12.0 Å². The van der Waals surface area contributed by atoms with Gasteiger partial charge in [-0.15, -0.1) is 0 Å². The van der Waals surface area contributed by atoms with Crippen LogP contribution in [0.5, 0.6) is 0 Å². The van der Waals surface area contributed by atoms with Gasteiger partial charge in [-0.2, -0.15) is 0 Å². The van der Waals surface area contributed by atoms with Crippen LogP contribution in [0.2, 0.25) is 10.0 Å². The number of hydrogen-bond acceptors (Lipinski definition) is 1. The van der Waals surface area contributed by atoms with Crippen molar-refractivity contribution in [2.75, 3.05) is 6.54 Å². The Kier molecular flexibility index (Phi) is 6.10. The SMILES string of the molecule is CCCNC(c1cccc(CC)c1)c1cc(Cl)ccc1Cl. The summed E-state index contributed by atoms with van der Waals surface area (Å²) in [6.07, 6.45) is 2.10. The van der Waals surface area contributed by atoms with E-state index >= 15 is 0 Å². The first-order valence-electron chi connectivity index (χ1n) is 7.42. The number of halogens is 2. The van der Waals surface area contributed by atoms with Crippen molar-refractivity contribution in [1.82, 2.24) is 5.32 Å².